The maximum Gasteiger partial charge on any atom is 0.0784 e. The van der Waals surface area contributed by atoms with Gasteiger partial charge in [-0.2, -0.15) is 0 Å². The van der Waals surface area contributed by atoms with Crippen molar-refractivity contribution in [2.75, 3.05) is 26.2 Å². The maximum atomic E-state index is 4.78. The zero-order valence-electron chi connectivity index (χ0n) is 19.8. The molecule has 2 heterocycles. The van der Waals surface area contributed by atoms with Crippen LogP contribution < -0.4 is 5.32 Å². The second-order valence-corrected chi connectivity index (χ2v) is 7.80. The van der Waals surface area contributed by atoms with Crippen molar-refractivity contribution in [1.29, 1.82) is 0 Å². The molecule has 0 bridgehead atoms. The molecule has 0 unspecified atom stereocenters. The molecule has 1 N–H and O–H groups in total. The lowest BCUT2D eigenvalue weighted by molar-refractivity contribution is 0.298. The zero-order chi connectivity index (χ0) is 20.8. The van der Waals surface area contributed by atoms with Crippen molar-refractivity contribution in [3.63, 3.8) is 0 Å². The lowest BCUT2D eigenvalue weighted by atomic mass is 10.1. The predicted molar refractivity (Wildman–Crippen MR) is 156 cm³/mol. The van der Waals surface area contributed by atoms with Crippen molar-refractivity contribution in [3.8, 4) is 0 Å². The van der Waals surface area contributed by atoms with Gasteiger partial charge in [-0.05, 0) is 50.3 Å². The number of aromatic nitrogens is 2. The van der Waals surface area contributed by atoms with Gasteiger partial charge in [0.25, 0.3) is 0 Å². The van der Waals surface area contributed by atoms with Gasteiger partial charge in [0, 0.05) is 35.6 Å². The van der Waals surface area contributed by atoms with Crippen LogP contribution in [0.5, 0.6) is 0 Å². The quantitative estimate of drug-likeness (QED) is 0.224. The molecule has 0 aliphatic carbocycles. The fourth-order valence-electron chi connectivity index (χ4n) is 4.31. The van der Waals surface area contributed by atoms with Gasteiger partial charge in [0.2, 0.25) is 0 Å². The first-order valence-corrected chi connectivity index (χ1v) is 11.1. The standard InChI is InChI=1S/C26H32N4.4ClH/c1-3-29(4-2)18-10-16-27-19-24-26-23(15-17-28-24)22-13-8-9-14-25(22)30(26)20-21-11-6-5-7-12-21;;;;/h5-9,11-15,17,27H,3-4,10,16,18-20H2,1-2H3;4*1H. The Morgan fingerprint density at radius 1 is 0.824 bits per heavy atom. The summed E-state index contributed by atoms with van der Waals surface area (Å²) in [7, 11) is 0. The number of halogens is 4. The number of benzene rings is 2. The summed E-state index contributed by atoms with van der Waals surface area (Å²) in [6.07, 6.45) is 3.11. The van der Waals surface area contributed by atoms with E-state index >= 15 is 0 Å². The van der Waals surface area contributed by atoms with Crippen LogP contribution in [0.1, 0.15) is 31.5 Å². The molecule has 0 saturated heterocycles. The van der Waals surface area contributed by atoms with E-state index in [9.17, 15) is 0 Å². The average molecular weight is 546 g/mol. The van der Waals surface area contributed by atoms with Crippen LogP contribution in [0.15, 0.2) is 66.9 Å². The monoisotopic (exact) mass is 544 g/mol. The second-order valence-electron chi connectivity index (χ2n) is 7.80. The zero-order valence-corrected chi connectivity index (χ0v) is 23.0. The smallest absolute Gasteiger partial charge is 0.0784 e. The van der Waals surface area contributed by atoms with E-state index in [0.29, 0.717) is 0 Å². The first kappa shape index (κ1) is 32.5. The molecule has 0 fully saturated rings. The normalized spacial score (nSPS) is 10.3. The van der Waals surface area contributed by atoms with Crippen molar-refractivity contribution >= 4 is 71.4 Å². The van der Waals surface area contributed by atoms with Crippen molar-refractivity contribution < 1.29 is 0 Å². The van der Waals surface area contributed by atoms with Crippen LogP contribution in [0.4, 0.5) is 0 Å². The molecule has 34 heavy (non-hydrogen) atoms. The van der Waals surface area contributed by atoms with Crippen molar-refractivity contribution in [1.82, 2.24) is 19.8 Å². The maximum absolute atomic E-state index is 4.78. The third-order valence-corrected chi connectivity index (χ3v) is 5.95. The SMILES string of the molecule is CCN(CC)CCCNCc1nccc2c3ccccc3n(Cc3ccccc3)c12.Cl.Cl.Cl.Cl. The molecule has 0 spiro atoms. The minimum atomic E-state index is 0. The molecule has 2 aromatic carbocycles. The number of fused-ring (bicyclic) bond motifs is 3. The van der Waals surface area contributed by atoms with Gasteiger partial charge in [-0.15, -0.1) is 49.6 Å². The number of nitrogens with one attached hydrogen (secondary N) is 1. The van der Waals surface area contributed by atoms with E-state index in [0.717, 1.165) is 51.4 Å². The minimum Gasteiger partial charge on any atom is -0.334 e. The molecule has 188 valence electrons. The lowest BCUT2D eigenvalue weighted by Crippen LogP contribution is -2.27. The van der Waals surface area contributed by atoms with Gasteiger partial charge in [-0.1, -0.05) is 62.4 Å². The van der Waals surface area contributed by atoms with Gasteiger partial charge in [-0.3, -0.25) is 4.98 Å². The Bertz CT molecular complexity index is 1100. The molecule has 2 aromatic heterocycles. The first-order valence-electron chi connectivity index (χ1n) is 11.1. The fraction of sp³-hybridized carbons (Fsp3) is 0.346. The number of nitrogens with zero attached hydrogens (tertiary/aromatic N) is 3. The summed E-state index contributed by atoms with van der Waals surface area (Å²) in [6.45, 7) is 10.5. The Hall–Kier alpha value is -1.53. The second kappa shape index (κ2) is 16.2. The predicted octanol–water partition coefficient (Wildman–Crippen LogP) is 6.75. The topological polar surface area (TPSA) is 33.1 Å². The fourth-order valence-corrected chi connectivity index (χ4v) is 4.31. The van der Waals surface area contributed by atoms with E-state index in [1.165, 1.54) is 27.4 Å². The summed E-state index contributed by atoms with van der Waals surface area (Å²) < 4.78 is 2.43. The van der Waals surface area contributed by atoms with E-state index < -0.39 is 0 Å². The Morgan fingerprint density at radius 2 is 1.50 bits per heavy atom. The third kappa shape index (κ3) is 7.48. The Kier molecular flexibility index (Phi) is 15.5. The molecular formula is C26H36Cl4N4. The molecule has 0 amide bonds. The van der Waals surface area contributed by atoms with Crippen LogP contribution in [0.2, 0.25) is 0 Å². The number of rotatable bonds is 10. The lowest BCUT2D eigenvalue weighted by Gasteiger charge is -2.17. The van der Waals surface area contributed by atoms with Crippen molar-refractivity contribution in [3.05, 3.63) is 78.1 Å². The van der Waals surface area contributed by atoms with Gasteiger partial charge in [-0.25, -0.2) is 0 Å². The highest BCUT2D eigenvalue weighted by atomic mass is 35.5. The average Bonchev–Trinajstić information content (AvgIpc) is 3.11. The summed E-state index contributed by atoms with van der Waals surface area (Å²) in [5, 5.41) is 6.22. The molecular weight excluding hydrogens is 510 g/mol. The molecule has 0 aliphatic rings. The summed E-state index contributed by atoms with van der Waals surface area (Å²) >= 11 is 0. The number of pyridine rings is 1. The van der Waals surface area contributed by atoms with Crippen LogP contribution in [0.3, 0.4) is 0 Å². The summed E-state index contributed by atoms with van der Waals surface area (Å²) in [5.74, 6) is 0. The summed E-state index contributed by atoms with van der Waals surface area (Å²) in [6, 6.07) is 21.5. The van der Waals surface area contributed by atoms with Crippen LogP contribution in [0, 0.1) is 0 Å². The molecule has 0 atom stereocenters. The molecule has 8 heteroatoms. The largest absolute Gasteiger partial charge is 0.334 e. The number of para-hydroxylation sites is 1. The summed E-state index contributed by atoms with van der Waals surface area (Å²) in [5.41, 5.74) is 4.95. The molecule has 0 radical (unpaired) electrons. The Morgan fingerprint density at radius 3 is 2.21 bits per heavy atom. The van der Waals surface area contributed by atoms with Gasteiger partial charge in [0.05, 0.1) is 11.2 Å². The van der Waals surface area contributed by atoms with E-state index in [1.54, 1.807) is 0 Å². The number of hydrogen-bond acceptors (Lipinski definition) is 3. The first-order chi connectivity index (χ1) is 14.8. The molecule has 4 nitrogen and oxygen atoms in total. The van der Waals surface area contributed by atoms with E-state index in [2.05, 4.69) is 89.3 Å². The minimum absolute atomic E-state index is 0. The van der Waals surface area contributed by atoms with Gasteiger partial charge < -0.3 is 14.8 Å². The van der Waals surface area contributed by atoms with Crippen LogP contribution in [0.25, 0.3) is 21.8 Å². The van der Waals surface area contributed by atoms with Gasteiger partial charge >= 0.3 is 0 Å². The van der Waals surface area contributed by atoms with E-state index in [-0.39, 0.29) is 49.6 Å². The molecule has 0 aliphatic heterocycles. The van der Waals surface area contributed by atoms with E-state index in [1.807, 2.05) is 6.20 Å². The highest BCUT2D eigenvalue weighted by molar-refractivity contribution is 6.08. The van der Waals surface area contributed by atoms with Crippen molar-refractivity contribution in [2.45, 2.75) is 33.4 Å². The number of hydrogen-bond donors (Lipinski definition) is 1. The molecule has 0 saturated carbocycles. The Labute approximate surface area is 228 Å². The van der Waals surface area contributed by atoms with Gasteiger partial charge in [0.1, 0.15) is 0 Å². The van der Waals surface area contributed by atoms with Crippen LogP contribution in [-0.4, -0.2) is 40.6 Å². The van der Waals surface area contributed by atoms with Crippen LogP contribution in [-0.2, 0) is 13.1 Å². The third-order valence-electron chi connectivity index (χ3n) is 5.95. The summed E-state index contributed by atoms with van der Waals surface area (Å²) in [4.78, 5) is 7.25. The van der Waals surface area contributed by atoms with E-state index in [4.69, 9.17) is 4.98 Å². The Balaban J connectivity index is 0.00000272. The van der Waals surface area contributed by atoms with Crippen LogP contribution >= 0.6 is 49.6 Å². The van der Waals surface area contributed by atoms with Gasteiger partial charge in [0.15, 0.2) is 0 Å². The highest BCUT2D eigenvalue weighted by Crippen LogP contribution is 2.31. The van der Waals surface area contributed by atoms with Crippen molar-refractivity contribution in [2.24, 2.45) is 0 Å². The molecule has 4 rings (SSSR count). The highest BCUT2D eigenvalue weighted by Gasteiger charge is 2.14. The molecule has 4 aromatic rings.